The third-order valence-electron chi connectivity index (χ3n) is 2.92. The Balaban J connectivity index is 2.39. The van der Waals surface area contributed by atoms with Crippen molar-refractivity contribution in [2.45, 2.75) is 51.1 Å². The van der Waals surface area contributed by atoms with Crippen molar-refractivity contribution in [2.24, 2.45) is 5.73 Å². The van der Waals surface area contributed by atoms with Crippen molar-refractivity contribution in [1.82, 2.24) is 10.6 Å². The largest absolute Gasteiger partial charge is 0.351 e. The van der Waals surface area contributed by atoms with Gasteiger partial charge in [0.15, 0.2) is 0 Å². The number of amides is 1. The fraction of sp³-hybridized carbons (Fsp3) is 0.909. The van der Waals surface area contributed by atoms with Crippen molar-refractivity contribution >= 4 is 5.91 Å². The van der Waals surface area contributed by atoms with Gasteiger partial charge in [0.25, 0.3) is 0 Å². The average molecular weight is 213 g/mol. The van der Waals surface area contributed by atoms with Gasteiger partial charge in [-0.3, -0.25) is 4.79 Å². The van der Waals surface area contributed by atoms with E-state index in [0.717, 1.165) is 38.8 Å². The summed E-state index contributed by atoms with van der Waals surface area (Å²) < 4.78 is 0. The molecule has 1 saturated heterocycles. The van der Waals surface area contributed by atoms with Gasteiger partial charge in [-0.25, -0.2) is 0 Å². The van der Waals surface area contributed by atoms with E-state index in [1.54, 1.807) is 0 Å². The van der Waals surface area contributed by atoms with Crippen LogP contribution in [-0.4, -0.2) is 30.6 Å². The molecule has 15 heavy (non-hydrogen) atoms. The van der Waals surface area contributed by atoms with Gasteiger partial charge >= 0.3 is 0 Å². The van der Waals surface area contributed by atoms with Crippen LogP contribution in [-0.2, 0) is 4.79 Å². The molecule has 1 aliphatic heterocycles. The van der Waals surface area contributed by atoms with Crippen LogP contribution in [0.25, 0.3) is 0 Å². The zero-order valence-electron chi connectivity index (χ0n) is 9.81. The minimum Gasteiger partial charge on any atom is -0.351 e. The third kappa shape index (κ3) is 3.80. The molecule has 0 spiro atoms. The van der Waals surface area contributed by atoms with Crippen LogP contribution in [0.3, 0.4) is 0 Å². The lowest BCUT2D eigenvalue weighted by atomic mass is 9.95. The summed E-state index contributed by atoms with van der Waals surface area (Å²) in [5.41, 5.74) is 5.24. The Labute approximate surface area is 92.0 Å². The standard InChI is InChI=1S/C11H23N3O/c1-3-6-11(2,12)10(15)14-9-5-4-7-13-8-9/h9,13H,3-8,12H2,1-2H3,(H,14,15). The van der Waals surface area contributed by atoms with Gasteiger partial charge in [0.05, 0.1) is 5.54 Å². The molecular weight excluding hydrogens is 190 g/mol. The fourth-order valence-electron chi connectivity index (χ4n) is 1.96. The molecule has 0 radical (unpaired) electrons. The lowest BCUT2D eigenvalue weighted by Gasteiger charge is -2.29. The molecule has 0 aromatic rings. The molecule has 1 amide bonds. The molecule has 1 aliphatic rings. The fourth-order valence-corrected chi connectivity index (χ4v) is 1.96. The minimum absolute atomic E-state index is 0.0157. The summed E-state index contributed by atoms with van der Waals surface area (Å²) in [6.07, 6.45) is 3.85. The number of piperidine rings is 1. The van der Waals surface area contributed by atoms with E-state index in [1.165, 1.54) is 0 Å². The third-order valence-corrected chi connectivity index (χ3v) is 2.92. The summed E-state index contributed by atoms with van der Waals surface area (Å²) in [6, 6.07) is 0.256. The number of carbonyl (C=O) groups is 1. The predicted molar refractivity (Wildman–Crippen MR) is 61.5 cm³/mol. The van der Waals surface area contributed by atoms with E-state index in [9.17, 15) is 4.79 Å². The molecule has 4 N–H and O–H groups in total. The smallest absolute Gasteiger partial charge is 0.240 e. The maximum Gasteiger partial charge on any atom is 0.240 e. The van der Waals surface area contributed by atoms with Crippen molar-refractivity contribution in [1.29, 1.82) is 0 Å². The summed E-state index contributed by atoms with van der Waals surface area (Å²) in [4.78, 5) is 11.9. The van der Waals surface area contributed by atoms with Gasteiger partial charge in [0, 0.05) is 12.6 Å². The van der Waals surface area contributed by atoms with Gasteiger partial charge in [-0.15, -0.1) is 0 Å². The Bertz CT molecular complexity index is 210. The van der Waals surface area contributed by atoms with Gasteiger partial charge in [-0.2, -0.15) is 0 Å². The molecule has 4 nitrogen and oxygen atoms in total. The van der Waals surface area contributed by atoms with Crippen LogP contribution in [0, 0.1) is 0 Å². The first kappa shape index (κ1) is 12.5. The van der Waals surface area contributed by atoms with E-state index < -0.39 is 5.54 Å². The first-order valence-corrected chi connectivity index (χ1v) is 5.87. The SMILES string of the molecule is CCCC(C)(N)C(=O)NC1CCCNC1. The van der Waals surface area contributed by atoms with Gasteiger partial charge in [0.2, 0.25) is 5.91 Å². The molecular formula is C11H23N3O. The highest BCUT2D eigenvalue weighted by molar-refractivity contribution is 5.85. The molecule has 0 aromatic heterocycles. The lowest BCUT2D eigenvalue weighted by molar-refractivity contribution is -0.126. The Morgan fingerprint density at radius 3 is 2.93 bits per heavy atom. The zero-order chi connectivity index (χ0) is 11.3. The van der Waals surface area contributed by atoms with Crippen molar-refractivity contribution in [3.63, 3.8) is 0 Å². The van der Waals surface area contributed by atoms with Crippen LogP contribution in [0.15, 0.2) is 0 Å². The van der Waals surface area contributed by atoms with Gasteiger partial charge < -0.3 is 16.4 Å². The van der Waals surface area contributed by atoms with Crippen molar-refractivity contribution in [2.75, 3.05) is 13.1 Å². The van der Waals surface area contributed by atoms with Crippen LogP contribution < -0.4 is 16.4 Å². The molecule has 0 bridgehead atoms. The van der Waals surface area contributed by atoms with Crippen molar-refractivity contribution in [3.05, 3.63) is 0 Å². The highest BCUT2D eigenvalue weighted by Gasteiger charge is 2.29. The first-order chi connectivity index (χ1) is 7.06. The topological polar surface area (TPSA) is 67.2 Å². The van der Waals surface area contributed by atoms with Crippen LogP contribution in [0.4, 0.5) is 0 Å². The number of nitrogens with two attached hydrogens (primary N) is 1. The molecule has 2 atom stereocenters. The Morgan fingerprint density at radius 2 is 2.40 bits per heavy atom. The van der Waals surface area contributed by atoms with Crippen LogP contribution in [0.5, 0.6) is 0 Å². The number of nitrogens with one attached hydrogen (secondary N) is 2. The van der Waals surface area contributed by atoms with Crippen molar-refractivity contribution in [3.8, 4) is 0 Å². The summed E-state index contributed by atoms with van der Waals surface area (Å²) in [5.74, 6) is -0.0157. The second-order valence-corrected chi connectivity index (χ2v) is 4.68. The predicted octanol–water partition coefficient (Wildman–Crippen LogP) is 0.372. The maximum atomic E-state index is 11.9. The molecule has 88 valence electrons. The summed E-state index contributed by atoms with van der Waals surface area (Å²) in [5, 5.41) is 6.29. The van der Waals surface area contributed by atoms with Crippen LogP contribution >= 0.6 is 0 Å². The Hall–Kier alpha value is -0.610. The van der Waals surface area contributed by atoms with E-state index in [4.69, 9.17) is 5.73 Å². The first-order valence-electron chi connectivity index (χ1n) is 5.87. The molecule has 0 saturated carbocycles. The summed E-state index contributed by atoms with van der Waals surface area (Å²) >= 11 is 0. The highest BCUT2D eigenvalue weighted by atomic mass is 16.2. The van der Waals surface area contributed by atoms with Crippen LogP contribution in [0.2, 0.25) is 0 Å². The monoisotopic (exact) mass is 213 g/mol. The van der Waals surface area contributed by atoms with E-state index in [-0.39, 0.29) is 11.9 Å². The summed E-state index contributed by atoms with van der Waals surface area (Å²) in [6.45, 7) is 5.78. The van der Waals surface area contributed by atoms with Crippen molar-refractivity contribution < 1.29 is 4.79 Å². The average Bonchev–Trinajstić information content (AvgIpc) is 2.19. The van der Waals surface area contributed by atoms with E-state index in [0.29, 0.717) is 0 Å². The lowest BCUT2D eigenvalue weighted by Crippen LogP contribution is -2.56. The van der Waals surface area contributed by atoms with Gasteiger partial charge in [-0.1, -0.05) is 13.3 Å². The number of hydrogen-bond acceptors (Lipinski definition) is 3. The van der Waals surface area contributed by atoms with Gasteiger partial charge in [0.1, 0.15) is 0 Å². The molecule has 1 fully saturated rings. The quantitative estimate of drug-likeness (QED) is 0.632. The number of rotatable bonds is 4. The maximum absolute atomic E-state index is 11.9. The summed E-state index contributed by atoms with van der Waals surface area (Å²) in [7, 11) is 0. The Morgan fingerprint density at radius 1 is 1.67 bits per heavy atom. The molecule has 1 rings (SSSR count). The highest BCUT2D eigenvalue weighted by Crippen LogP contribution is 2.10. The van der Waals surface area contributed by atoms with E-state index in [2.05, 4.69) is 10.6 Å². The second kappa shape index (κ2) is 5.47. The van der Waals surface area contributed by atoms with Crippen LogP contribution in [0.1, 0.15) is 39.5 Å². The second-order valence-electron chi connectivity index (χ2n) is 4.68. The molecule has 0 aromatic carbocycles. The Kier molecular flexibility index (Phi) is 4.54. The van der Waals surface area contributed by atoms with E-state index >= 15 is 0 Å². The molecule has 2 unspecified atom stereocenters. The normalized spacial score (nSPS) is 25.7. The molecule has 0 aliphatic carbocycles. The van der Waals surface area contributed by atoms with E-state index in [1.807, 2.05) is 13.8 Å². The number of hydrogen-bond donors (Lipinski definition) is 3. The molecule has 1 heterocycles. The molecule has 4 heteroatoms. The zero-order valence-corrected chi connectivity index (χ0v) is 9.81. The number of carbonyl (C=O) groups excluding carboxylic acids is 1. The van der Waals surface area contributed by atoms with Gasteiger partial charge in [-0.05, 0) is 32.7 Å². The minimum atomic E-state index is -0.716.